The summed E-state index contributed by atoms with van der Waals surface area (Å²) in [5, 5.41) is 4.80. The van der Waals surface area contributed by atoms with E-state index in [0.29, 0.717) is 12.0 Å². The van der Waals surface area contributed by atoms with Crippen LogP contribution in [0.25, 0.3) is 10.2 Å². The summed E-state index contributed by atoms with van der Waals surface area (Å²) in [4.78, 5) is 7.53. The van der Waals surface area contributed by atoms with Crippen LogP contribution >= 0.6 is 11.3 Å². The number of hydrogen-bond donors (Lipinski definition) is 1. The van der Waals surface area contributed by atoms with E-state index in [-0.39, 0.29) is 0 Å². The van der Waals surface area contributed by atoms with Crippen LogP contribution in [0.15, 0.2) is 18.2 Å². The largest absolute Gasteiger partial charge is 0.317 e. The Morgan fingerprint density at radius 2 is 2.00 bits per heavy atom. The van der Waals surface area contributed by atoms with Crippen LogP contribution < -0.4 is 5.32 Å². The second-order valence-electron chi connectivity index (χ2n) is 7.44. The smallest absolute Gasteiger partial charge is 0.0970 e. The third kappa shape index (κ3) is 3.17. The van der Waals surface area contributed by atoms with Crippen molar-refractivity contribution in [2.24, 2.45) is 5.92 Å². The van der Waals surface area contributed by atoms with Gasteiger partial charge < -0.3 is 5.32 Å². The van der Waals surface area contributed by atoms with Crippen LogP contribution in [0, 0.1) is 5.92 Å². The molecule has 0 radical (unpaired) electrons. The van der Waals surface area contributed by atoms with Crippen molar-refractivity contribution in [1.29, 1.82) is 0 Å². The summed E-state index contributed by atoms with van der Waals surface area (Å²) in [5.74, 6) is 1.49. The van der Waals surface area contributed by atoms with E-state index in [9.17, 15) is 0 Å². The molecule has 2 aliphatic heterocycles. The van der Waals surface area contributed by atoms with Crippen molar-refractivity contribution >= 4 is 21.6 Å². The molecule has 0 saturated carbocycles. The molecule has 2 saturated heterocycles. The Labute approximate surface area is 143 Å². The molecule has 23 heavy (non-hydrogen) atoms. The van der Waals surface area contributed by atoms with Gasteiger partial charge in [-0.3, -0.25) is 4.90 Å². The van der Waals surface area contributed by atoms with Crippen LogP contribution in [0.3, 0.4) is 0 Å². The number of hydrogen-bond acceptors (Lipinski definition) is 4. The molecular formula is C19H27N3S. The lowest BCUT2D eigenvalue weighted by atomic mass is 9.90. The maximum absolute atomic E-state index is 5.00. The van der Waals surface area contributed by atoms with Gasteiger partial charge in [-0.2, -0.15) is 0 Å². The molecule has 4 rings (SSSR count). The van der Waals surface area contributed by atoms with E-state index in [1.165, 1.54) is 53.0 Å². The lowest BCUT2D eigenvalue weighted by Gasteiger charge is -2.36. The Bertz CT molecular complexity index is 674. The maximum Gasteiger partial charge on any atom is 0.0970 e. The van der Waals surface area contributed by atoms with Crippen LogP contribution in [0.2, 0.25) is 0 Å². The van der Waals surface area contributed by atoms with Crippen LogP contribution in [-0.2, 0) is 0 Å². The molecule has 2 aromatic rings. The van der Waals surface area contributed by atoms with E-state index in [4.69, 9.17) is 4.98 Å². The quantitative estimate of drug-likeness (QED) is 0.896. The SMILES string of the molecule is CC1CC[C@H](c2ccc3sc(C4CCNCC4)nc3c2)N(C)C1. The molecule has 1 unspecified atom stereocenters. The third-order valence-corrected chi connectivity index (χ3v) is 6.76. The van der Waals surface area contributed by atoms with E-state index in [1.807, 2.05) is 11.3 Å². The summed E-state index contributed by atoms with van der Waals surface area (Å²) >= 11 is 1.91. The van der Waals surface area contributed by atoms with E-state index >= 15 is 0 Å². The number of rotatable bonds is 2. The molecule has 2 atom stereocenters. The first-order valence-electron chi connectivity index (χ1n) is 9.02. The number of piperidine rings is 2. The average molecular weight is 330 g/mol. The first-order valence-corrected chi connectivity index (χ1v) is 9.83. The number of nitrogens with one attached hydrogen (secondary N) is 1. The number of benzene rings is 1. The predicted molar refractivity (Wildman–Crippen MR) is 98.2 cm³/mol. The van der Waals surface area contributed by atoms with Crippen molar-refractivity contribution < 1.29 is 0 Å². The van der Waals surface area contributed by atoms with E-state index in [1.54, 1.807) is 0 Å². The van der Waals surface area contributed by atoms with Crippen molar-refractivity contribution in [2.75, 3.05) is 26.7 Å². The van der Waals surface area contributed by atoms with Gasteiger partial charge in [0.2, 0.25) is 0 Å². The number of likely N-dealkylation sites (tertiary alicyclic amines) is 1. The molecule has 0 bridgehead atoms. The molecule has 1 N–H and O–H groups in total. The van der Waals surface area contributed by atoms with Gasteiger partial charge in [-0.1, -0.05) is 13.0 Å². The Hall–Kier alpha value is -0.970. The van der Waals surface area contributed by atoms with Crippen LogP contribution in [0.4, 0.5) is 0 Å². The van der Waals surface area contributed by atoms with Gasteiger partial charge in [-0.25, -0.2) is 4.98 Å². The molecule has 1 aromatic heterocycles. The molecule has 4 heteroatoms. The van der Waals surface area contributed by atoms with Gasteiger partial charge in [0, 0.05) is 18.5 Å². The Kier molecular flexibility index (Phi) is 4.39. The summed E-state index contributed by atoms with van der Waals surface area (Å²) in [6, 6.07) is 7.57. The first kappa shape index (κ1) is 15.6. The Balaban J connectivity index is 1.60. The summed E-state index contributed by atoms with van der Waals surface area (Å²) in [6.45, 7) is 5.84. The maximum atomic E-state index is 5.00. The average Bonchev–Trinajstić information content (AvgIpc) is 2.99. The Morgan fingerprint density at radius 3 is 2.78 bits per heavy atom. The number of nitrogens with zero attached hydrogens (tertiary/aromatic N) is 2. The minimum Gasteiger partial charge on any atom is -0.317 e. The zero-order chi connectivity index (χ0) is 15.8. The zero-order valence-corrected chi connectivity index (χ0v) is 15.0. The van der Waals surface area contributed by atoms with Gasteiger partial charge in [-0.15, -0.1) is 11.3 Å². The molecular weight excluding hydrogens is 302 g/mol. The van der Waals surface area contributed by atoms with E-state index in [0.717, 1.165) is 19.0 Å². The summed E-state index contributed by atoms with van der Waals surface area (Å²) in [7, 11) is 2.27. The standard InChI is InChI=1S/C19H27N3S/c1-13-3-5-17(22(2)12-13)15-4-6-18-16(11-15)21-19(23-18)14-7-9-20-10-8-14/h4,6,11,13-14,17,20H,3,5,7-10,12H2,1-2H3/t13?,17-/m1/s1. The molecule has 0 spiro atoms. The monoisotopic (exact) mass is 329 g/mol. The highest BCUT2D eigenvalue weighted by Crippen LogP contribution is 2.36. The van der Waals surface area contributed by atoms with Gasteiger partial charge in [0.25, 0.3) is 0 Å². The Morgan fingerprint density at radius 1 is 1.17 bits per heavy atom. The minimum absolute atomic E-state index is 0.569. The highest BCUT2D eigenvalue weighted by atomic mass is 32.1. The molecule has 1 aromatic carbocycles. The highest BCUT2D eigenvalue weighted by Gasteiger charge is 2.25. The van der Waals surface area contributed by atoms with Gasteiger partial charge in [-0.05, 0) is 69.4 Å². The molecule has 2 fully saturated rings. The van der Waals surface area contributed by atoms with Crippen LogP contribution in [0.1, 0.15) is 55.1 Å². The zero-order valence-electron chi connectivity index (χ0n) is 14.2. The van der Waals surface area contributed by atoms with Crippen molar-refractivity contribution in [3.63, 3.8) is 0 Å². The van der Waals surface area contributed by atoms with Crippen molar-refractivity contribution in [2.45, 2.75) is 44.6 Å². The fraction of sp³-hybridized carbons (Fsp3) is 0.632. The number of fused-ring (bicyclic) bond motifs is 1. The minimum atomic E-state index is 0.569. The molecule has 3 nitrogen and oxygen atoms in total. The second-order valence-corrected chi connectivity index (χ2v) is 8.50. The van der Waals surface area contributed by atoms with E-state index in [2.05, 4.69) is 42.4 Å². The second kappa shape index (κ2) is 6.50. The van der Waals surface area contributed by atoms with Gasteiger partial charge >= 0.3 is 0 Å². The third-order valence-electron chi connectivity index (χ3n) is 5.57. The van der Waals surface area contributed by atoms with Gasteiger partial charge in [0.15, 0.2) is 0 Å². The highest BCUT2D eigenvalue weighted by molar-refractivity contribution is 7.18. The van der Waals surface area contributed by atoms with Crippen LogP contribution in [-0.4, -0.2) is 36.6 Å². The molecule has 0 amide bonds. The summed E-state index contributed by atoms with van der Waals surface area (Å²) in [5.41, 5.74) is 2.67. The van der Waals surface area contributed by atoms with Crippen molar-refractivity contribution in [3.8, 4) is 0 Å². The number of aromatic nitrogens is 1. The van der Waals surface area contributed by atoms with Crippen molar-refractivity contribution in [3.05, 3.63) is 28.8 Å². The molecule has 2 aliphatic rings. The number of thiazole rings is 1. The molecule has 124 valence electrons. The fourth-order valence-corrected chi connectivity index (χ4v) is 5.32. The van der Waals surface area contributed by atoms with Gasteiger partial charge in [0.05, 0.1) is 15.2 Å². The van der Waals surface area contributed by atoms with Crippen LogP contribution in [0.5, 0.6) is 0 Å². The first-order chi connectivity index (χ1) is 11.2. The molecule has 0 aliphatic carbocycles. The lowest BCUT2D eigenvalue weighted by molar-refractivity contribution is 0.146. The fourth-order valence-electron chi connectivity index (χ4n) is 4.21. The normalized spacial score (nSPS) is 27.6. The summed E-state index contributed by atoms with van der Waals surface area (Å²) < 4.78 is 1.36. The van der Waals surface area contributed by atoms with Crippen molar-refractivity contribution in [1.82, 2.24) is 15.2 Å². The van der Waals surface area contributed by atoms with E-state index < -0.39 is 0 Å². The topological polar surface area (TPSA) is 28.2 Å². The van der Waals surface area contributed by atoms with Gasteiger partial charge in [0.1, 0.15) is 0 Å². The lowest BCUT2D eigenvalue weighted by Crippen LogP contribution is -2.34. The summed E-state index contributed by atoms with van der Waals surface area (Å²) in [6.07, 6.45) is 5.07. The predicted octanol–water partition coefficient (Wildman–Crippen LogP) is 4.17. The molecule has 3 heterocycles.